The van der Waals surface area contributed by atoms with Gasteiger partial charge in [0, 0.05) is 10.7 Å². The summed E-state index contributed by atoms with van der Waals surface area (Å²) in [4.78, 5) is 37.9. The van der Waals surface area contributed by atoms with Crippen LogP contribution in [-0.2, 0) is 16.0 Å². The van der Waals surface area contributed by atoms with Crippen LogP contribution in [0.3, 0.4) is 0 Å². The number of carbonyl (C=O) groups excluding carboxylic acids is 3. The molecule has 30 heavy (non-hydrogen) atoms. The van der Waals surface area contributed by atoms with Crippen molar-refractivity contribution in [2.75, 3.05) is 17.7 Å². The lowest BCUT2D eigenvalue weighted by atomic mass is 10.1. The Morgan fingerprint density at radius 3 is 2.30 bits per heavy atom. The summed E-state index contributed by atoms with van der Waals surface area (Å²) in [5.41, 5.74) is 2.02. The molecule has 3 aromatic rings. The first-order valence-corrected chi connectivity index (χ1v) is 10.2. The molecule has 0 unspecified atom stereocenters. The smallest absolute Gasteiger partial charge is 0.341 e. The highest BCUT2D eigenvalue weighted by Crippen LogP contribution is 2.34. The van der Waals surface area contributed by atoms with Gasteiger partial charge in [0.25, 0.3) is 5.91 Å². The maximum Gasteiger partial charge on any atom is 0.341 e. The van der Waals surface area contributed by atoms with Gasteiger partial charge in [0.1, 0.15) is 5.00 Å². The number of rotatable bonds is 6. The zero-order valence-corrected chi connectivity index (χ0v) is 17.9. The van der Waals surface area contributed by atoms with E-state index < -0.39 is 5.97 Å². The molecule has 6 nitrogen and oxygen atoms in total. The summed E-state index contributed by atoms with van der Waals surface area (Å²) in [7, 11) is 1.25. The van der Waals surface area contributed by atoms with Crippen molar-refractivity contribution in [1.29, 1.82) is 0 Å². The minimum absolute atomic E-state index is 0.0975. The van der Waals surface area contributed by atoms with Crippen molar-refractivity contribution < 1.29 is 19.1 Å². The Labute approximate surface area is 182 Å². The van der Waals surface area contributed by atoms with Gasteiger partial charge in [-0.15, -0.1) is 11.3 Å². The van der Waals surface area contributed by atoms with Crippen LogP contribution in [0, 0.1) is 6.92 Å². The molecule has 0 aliphatic rings. The van der Waals surface area contributed by atoms with E-state index in [4.69, 9.17) is 16.3 Å². The summed E-state index contributed by atoms with van der Waals surface area (Å²) in [5.74, 6) is -1.31. The van der Waals surface area contributed by atoms with E-state index in [1.807, 2.05) is 6.07 Å². The van der Waals surface area contributed by atoms with Crippen molar-refractivity contribution >= 4 is 51.4 Å². The zero-order valence-electron chi connectivity index (χ0n) is 16.3. The quantitative estimate of drug-likeness (QED) is 0.530. The molecular formula is C22H19ClN2O4S. The van der Waals surface area contributed by atoms with Crippen LogP contribution in [0.5, 0.6) is 0 Å². The Morgan fingerprint density at radius 2 is 1.67 bits per heavy atom. The molecule has 0 spiro atoms. The van der Waals surface area contributed by atoms with Crippen LogP contribution in [0.1, 0.15) is 31.2 Å². The third kappa shape index (κ3) is 5.06. The molecule has 0 aliphatic heterocycles. The first kappa shape index (κ1) is 21.5. The van der Waals surface area contributed by atoms with Gasteiger partial charge >= 0.3 is 5.97 Å². The Balaban J connectivity index is 1.84. The van der Waals surface area contributed by atoms with E-state index in [-0.39, 0.29) is 28.8 Å². The minimum Gasteiger partial charge on any atom is -0.465 e. The number of amides is 2. The lowest BCUT2D eigenvalue weighted by Gasteiger charge is -2.06. The van der Waals surface area contributed by atoms with E-state index >= 15 is 0 Å². The van der Waals surface area contributed by atoms with Crippen molar-refractivity contribution in [3.63, 3.8) is 0 Å². The third-order valence-electron chi connectivity index (χ3n) is 4.31. The number of anilines is 2. The van der Waals surface area contributed by atoms with E-state index in [1.54, 1.807) is 55.5 Å². The Hall–Kier alpha value is -3.16. The van der Waals surface area contributed by atoms with Gasteiger partial charge in [-0.05, 0) is 42.3 Å². The molecule has 2 amide bonds. The molecule has 0 radical (unpaired) electrons. The predicted octanol–water partition coefficient (Wildman–Crippen LogP) is 4.93. The lowest BCUT2D eigenvalue weighted by molar-refractivity contribution is -0.115. The number of nitrogens with one attached hydrogen (secondary N) is 2. The normalized spacial score (nSPS) is 10.4. The molecule has 0 aliphatic carbocycles. The fraction of sp³-hybridized carbons (Fsp3) is 0.136. The van der Waals surface area contributed by atoms with Crippen LogP contribution in [0.25, 0.3) is 0 Å². The van der Waals surface area contributed by atoms with E-state index in [1.165, 1.54) is 7.11 Å². The molecule has 0 saturated heterocycles. The van der Waals surface area contributed by atoms with E-state index in [0.717, 1.165) is 16.9 Å². The van der Waals surface area contributed by atoms with Gasteiger partial charge < -0.3 is 15.4 Å². The molecule has 154 valence electrons. The van der Waals surface area contributed by atoms with Crippen LogP contribution in [0.4, 0.5) is 10.7 Å². The van der Waals surface area contributed by atoms with Gasteiger partial charge in [0.2, 0.25) is 5.91 Å². The lowest BCUT2D eigenvalue weighted by Crippen LogP contribution is -2.16. The number of hydrogen-bond donors (Lipinski definition) is 2. The summed E-state index contributed by atoms with van der Waals surface area (Å²) in [6.07, 6.45) is 0.0975. The number of hydrogen-bond acceptors (Lipinski definition) is 5. The number of benzene rings is 2. The van der Waals surface area contributed by atoms with Crippen molar-refractivity contribution in [3.8, 4) is 0 Å². The highest BCUT2D eigenvalue weighted by atomic mass is 35.5. The average molecular weight is 443 g/mol. The summed E-state index contributed by atoms with van der Waals surface area (Å²) < 4.78 is 4.85. The molecular weight excluding hydrogens is 424 g/mol. The van der Waals surface area contributed by atoms with Crippen LogP contribution >= 0.6 is 22.9 Å². The summed E-state index contributed by atoms with van der Waals surface area (Å²) >= 11 is 6.90. The van der Waals surface area contributed by atoms with E-state index in [2.05, 4.69) is 10.6 Å². The zero-order chi connectivity index (χ0) is 21.7. The van der Waals surface area contributed by atoms with Crippen molar-refractivity contribution in [2.24, 2.45) is 0 Å². The summed E-state index contributed by atoms with van der Waals surface area (Å²) in [5, 5.41) is 6.38. The molecule has 0 bridgehead atoms. The van der Waals surface area contributed by atoms with Crippen molar-refractivity contribution in [3.05, 3.63) is 81.2 Å². The fourth-order valence-corrected chi connectivity index (χ4v) is 4.07. The summed E-state index contributed by atoms with van der Waals surface area (Å²) in [6, 6.07) is 15.9. The topological polar surface area (TPSA) is 84.5 Å². The van der Waals surface area contributed by atoms with Gasteiger partial charge in [-0.25, -0.2) is 4.79 Å². The SMILES string of the molecule is COC(=O)c1c(NC(=O)Cc2ccc(Cl)cc2)sc(C(=O)Nc2ccccc2)c1C. The second kappa shape index (κ2) is 9.56. The monoisotopic (exact) mass is 442 g/mol. The molecule has 2 N–H and O–H groups in total. The van der Waals surface area contributed by atoms with Crippen molar-refractivity contribution in [1.82, 2.24) is 0 Å². The Bertz CT molecular complexity index is 1080. The molecule has 8 heteroatoms. The second-order valence-corrected chi connectivity index (χ2v) is 7.88. The Kier molecular flexibility index (Phi) is 6.87. The first-order chi connectivity index (χ1) is 14.4. The first-order valence-electron chi connectivity index (χ1n) is 9.01. The largest absolute Gasteiger partial charge is 0.465 e. The third-order valence-corrected chi connectivity index (χ3v) is 5.76. The number of para-hydroxylation sites is 1. The van der Waals surface area contributed by atoms with E-state index in [0.29, 0.717) is 21.2 Å². The molecule has 1 aromatic heterocycles. The van der Waals surface area contributed by atoms with Crippen LogP contribution in [0.15, 0.2) is 54.6 Å². The van der Waals surface area contributed by atoms with Crippen LogP contribution in [-0.4, -0.2) is 24.9 Å². The molecule has 0 fully saturated rings. The highest BCUT2D eigenvalue weighted by Gasteiger charge is 2.26. The number of methoxy groups -OCH3 is 1. The molecule has 1 heterocycles. The van der Waals surface area contributed by atoms with Crippen LogP contribution in [0.2, 0.25) is 5.02 Å². The number of esters is 1. The van der Waals surface area contributed by atoms with Crippen molar-refractivity contribution in [2.45, 2.75) is 13.3 Å². The van der Waals surface area contributed by atoms with Gasteiger partial charge in [-0.1, -0.05) is 41.9 Å². The molecule has 2 aromatic carbocycles. The average Bonchev–Trinajstić information content (AvgIpc) is 3.05. The molecule has 3 rings (SSSR count). The maximum atomic E-state index is 12.7. The minimum atomic E-state index is -0.621. The van der Waals surface area contributed by atoms with E-state index in [9.17, 15) is 14.4 Å². The molecule has 0 atom stereocenters. The standard InChI is InChI=1S/C22H19ClN2O4S/c1-13-18(22(28)29-2)21(25-17(26)12-14-8-10-15(23)11-9-14)30-19(13)20(27)24-16-6-4-3-5-7-16/h3-11H,12H2,1-2H3,(H,24,27)(H,25,26). The molecule has 0 saturated carbocycles. The maximum absolute atomic E-state index is 12.7. The number of carbonyl (C=O) groups is 3. The van der Waals surface area contributed by atoms with Gasteiger partial charge in [0.15, 0.2) is 0 Å². The van der Waals surface area contributed by atoms with Gasteiger partial charge in [0.05, 0.1) is 24.0 Å². The fourth-order valence-electron chi connectivity index (χ4n) is 2.83. The second-order valence-electron chi connectivity index (χ2n) is 6.42. The number of halogens is 1. The number of thiophene rings is 1. The van der Waals surface area contributed by atoms with Gasteiger partial charge in [-0.3, -0.25) is 9.59 Å². The summed E-state index contributed by atoms with van der Waals surface area (Å²) in [6.45, 7) is 1.65. The van der Waals surface area contributed by atoms with Gasteiger partial charge in [-0.2, -0.15) is 0 Å². The number of ether oxygens (including phenoxy) is 1. The Morgan fingerprint density at radius 1 is 1.00 bits per heavy atom. The predicted molar refractivity (Wildman–Crippen MR) is 119 cm³/mol. The van der Waals surface area contributed by atoms with Crippen LogP contribution < -0.4 is 10.6 Å². The highest BCUT2D eigenvalue weighted by molar-refractivity contribution is 7.18.